The van der Waals surface area contributed by atoms with Crippen LogP contribution in [0, 0.1) is 0 Å². The lowest BCUT2D eigenvalue weighted by atomic mass is 10.2. The Kier molecular flexibility index (Phi) is 8.16. The average Bonchev–Trinajstić information content (AvgIpc) is 2.35. The van der Waals surface area contributed by atoms with Crippen molar-refractivity contribution in [3.8, 4) is 0 Å². The van der Waals surface area contributed by atoms with E-state index in [-0.39, 0.29) is 18.3 Å². The van der Waals surface area contributed by atoms with E-state index in [1.165, 1.54) is 0 Å². The van der Waals surface area contributed by atoms with E-state index in [1.807, 2.05) is 0 Å². The van der Waals surface area contributed by atoms with E-state index in [2.05, 4.69) is 24.1 Å². The number of halogens is 1. The highest BCUT2D eigenvalue weighted by molar-refractivity contribution is 5.94. The lowest BCUT2D eigenvalue weighted by Crippen LogP contribution is -3.00. The summed E-state index contributed by atoms with van der Waals surface area (Å²) in [5.41, 5.74) is 6.89. The third-order valence-electron chi connectivity index (χ3n) is 2.78. The quantitative estimate of drug-likeness (QED) is 0.609. The molecule has 0 saturated carbocycles. The highest BCUT2D eigenvalue weighted by atomic mass is 35.5. The molecule has 5 heteroatoms. The third-order valence-corrected chi connectivity index (χ3v) is 2.78. The monoisotopic (exact) mass is 270 g/mol. The average molecular weight is 271 g/mol. The number of rotatable bonds is 6. The number of likely N-dealkylation sites (N-methyl/N-ethyl adjacent to an activating group) is 1. The second kappa shape index (κ2) is 8.78. The molecule has 0 unspecified atom stereocenters. The molecule has 1 amide bonds. The van der Waals surface area contributed by atoms with Gasteiger partial charge in [-0.05, 0) is 37.4 Å². The van der Waals surface area contributed by atoms with Crippen LogP contribution in [0.25, 0.3) is 0 Å². The Balaban J connectivity index is 0.00000289. The van der Waals surface area contributed by atoms with Gasteiger partial charge in [-0.25, -0.2) is 0 Å². The minimum absolute atomic E-state index is 0. The minimum Gasteiger partial charge on any atom is -1.00 e. The third kappa shape index (κ3) is 5.38. The van der Waals surface area contributed by atoms with Gasteiger partial charge in [0.2, 0.25) is 0 Å². The first kappa shape index (κ1) is 16.7. The highest BCUT2D eigenvalue weighted by Gasteiger charge is 2.05. The summed E-state index contributed by atoms with van der Waals surface area (Å²) in [6, 6.07) is 6.95. The van der Waals surface area contributed by atoms with E-state index in [0.29, 0.717) is 17.8 Å². The number of nitrogen functional groups attached to an aromatic ring is 1. The van der Waals surface area contributed by atoms with Gasteiger partial charge in [0.25, 0.3) is 5.91 Å². The van der Waals surface area contributed by atoms with Crippen molar-refractivity contribution >= 4 is 11.6 Å². The molecule has 0 saturated heterocycles. The molecule has 102 valence electrons. The van der Waals surface area contributed by atoms with Gasteiger partial charge in [-0.1, -0.05) is 13.8 Å². The van der Waals surface area contributed by atoms with Crippen molar-refractivity contribution in [3.05, 3.63) is 29.8 Å². The van der Waals surface area contributed by atoms with E-state index < -0.39 is 0 Å². The lowest BCUT2D eigenvalue weighted by molar-refractivity contribution is -0.0000121. The van der Waals surface area contributed by atoms with Crippen molar-refractivity contribution in [2.75, 3.05) is 31.9 Å². The van der Waals surface area contributed by atoms with Crippen molar-refractivity contribution < 1.29 is 17.2 Å². The molecule has 3 N–H and O–H groups in total. The van der Waals surface area contributed by atoms with Crippen LogP contribution >= 0.6 is 0 Å². The van der Waals surface area contributed by atoms with Crippen LogP contribution in [-0.2, 0) is 0 Å². The summed E-state index contributed by atoms with van der Waals surface area (Å²) in [7, 11) is 0. The van der Waals surface area contributed by atoms with Crippen molar-refractivity contribution in [2.45, 2.75) is 13.8 Å². The van der Waals surface area contributed by atoms with Crippen molar-refractivity contribution in [1.82, 2.24) is 10.2 Å². The Morgan fingerprint density at radius 1 is 1.22 bits per heavy atom. The summed E-state index contributed by atoms with van der Waals surface area (Å²) < 4.78 is 0. The predicted octanol–water partition coefficient (Wildman–Crippen LogP) is -1.66. The molecule has 0 heterocycles. The van der Waals surface area contributed by atoms with Crippen LogP contribution in [0.5, 0.6) is 0 Å². The zero-order valence-corrected chi connectivity index (χ0v) is 11.7. The van der Waals surface area contributed by atoms with Crippen molar-refractivity contribution in [2.24, 2.45) is 0 Å². The number of nitrogens with two attached hydrogens (primary N) is 1. The summed E-state index contributed by atoms with van der Waals surface area (Å²) in [5, 5.41) is 2.90. The number of benzene rings is 1. The number of carbonyl (C=O) groups excluding carboxylic acids is 1. The van der Waals surface area contributed by atoms with E-state index in [9.17, 15) is 4.79 Å². The van der Waals surface area contributed by atoms with Gasteiger partial charge < -0.3 is 28.4 Å². The van der Waals surface area contributed by atoms with E-state index in [4.69, 9.17) is 5.73 Å². The van der Waals surface area contributed by atoms with Gasteiger partial charge >= 0.3 is 0 Å². The molecule has 0 fully saturated rings. The van der Waals surface area contributed by atoms with Crippen molar-refractivity contribution in [3.63, 3.8) is 0 Å². The number of amides is 1. The maximum atomic E-state index is 11.7. The molecule has 0 bridgehead atoms. The van der Waals surface area contributed by atoms with Crippen molar-refractivity contribution in [1.29, 1.82) is 0 Å². The van der Waals surface area contributed by atoms with E-state index in [1.54, 1.807) is 24.3 Å². The number of hydrogen-bond acceptors (Lipinski definition) is 3. The molecule has 0 aliphatic rings. The molecule has 1 aromatic rings. The first-order valence-electron chi connectivity index (χ1n) is 6.03. The highest BCUT2D eigenvalue weighted by Crippen LogP contribution is 2.04. The zero-order chi connectivity index (χ0) is 12.7. The van der Waals surface area contributed by atoms with Gasteiger partial charge in [0.05, 0.1) is 0 Å². The Labute approximate surface area is 115 Å². The van der Waals surface area contributed by atoms with Crippen LogP contribution in [0.2, 0.25) is 0 Å². The molecule has 0 atom stereocenters. The van der Waals surface area contributed by atoms with Crippen LogP contribution in [0.3, 0.4) is 0 Å². The SMILES string of the molecule is CCN(CC)CCNC(=O)c1ccc(N)cc1.[Cl-]. The fourth-order valence-corrected chi connectivity index (χ4v) is 1.60. The van der Waals surface area contributed by atoms with Gasteiger partial charge in [0.1, 0.15) is 0 Å². The molecule has 1 rings (SSSR count). The molecule has 0 spiro atoms. The topological polar surface area (TPSA) is 58.4 Å². The van der Waals surface area contributed by atoms with Gasteiger partial charge in [-0.3, -0.25) is 4.79 Å². The van der Waals surface area contributed by atoms with Crippen LogP contribution < -0.4 is 23.5 Å². The maximum Gasteiger partial charge on any atom is 0.251 e. The summed E-state index contributed by atoms with van der Waals surface area (Å²) in [4.78, 5) is 14.0. The van der Waals surface area contributed by atoms with E-state index in [0.717, 1.165) is 19.6 Å². The molecular formula is C13H21ClN3O-. The fraction of sp³-hybridized carbons (Fsp3) is 0.462. The number of nitrogens with zero attached hydrogens (tertiary/aromatic N) is 1. The van der Waals surface area contributed by atoms with Gasteiger partial charge in [0.15, 0.2) is 0 Å². The van der Waals surface area contributed by atoms with Crippen LogP contribution in [0.1, 0.15) is 24.2 Å². The number of carbonyl (C=O) groups is 1. The Morgan fingerprint density at radius 3 is 2.28 bits per heavy atom. The molecular weight excluding hydrogens is 250 g/mol. The van der Waals surface area contributed by atoms with Crippen LogP contribution in [0.4, 0.5) is 5.69 Å². The molecule has 18 heavy (non-hydrogen) atoms. The summed E-state index contributed by atoms with van der Waals surface area (Å²) in [6.45, 7) is 7.80. The molecule has 0 aliphatic heterocycles. The molecule has 0 radical (unpaired) electrons. The van der Waals surface area contributed by atoms with Crippen LogP contribution in [0.15, 0.2) is 24.3 Å². The van der Waals surface area contributed by atoms with Gasteiger partial charge in [0, 0.05) is 24.3 Å². The van der Waals surface area contributed by atoms with Gasteiger partial charge in [-0.2, -0.15) is 0 Å². The Hall–Kier alpha value is -1.26. The minimum atomic E-state index is -0.0443. The zero-order valence-electron chi connectivity index (χ0n) is 10.9. The Bertz CT molecular complexity index is 350. The second-order valence-electron chi connectivity index (χ2n) is 3.90. The first-order chi connectivity index (χ1) is 8.17. The molecule has 0 aromatic heterocycles. The fourth-order valence-electron chi connectivity index (χ4n) is 1.60. The smallest absolute Gasteiger partial charge is 0.251 e. The summed E-state index contributed by atoms with van der Waals surface area (Å²) in [6.07, 6.45) is 0. The largest absolute Gasteiger partial charge is 1.00 e. The second-order valence-corrected chi connectivity index (χ2v) is 3.90. The number of anilines is 1. The lowest BCUT2D eigenvalue weighted by Gasteiger charge is -2.17. The molecule has 4 nitrogen and oxygen atoms in total. The Morgan fingerprint density at radius 2 is 1.78 bits per heavy atom. The molecule has 1 aromatic carbocycles. The van der Waals surface area contributed by atoms with Crippen LogP contribution in [-0.4, -0.2) is 37.0 Å². The number of hydrogen-bond donors (Lipinski definition) is 2. The number of nitrogens with one attached hydrogen (secondary N) is 1. The first-order valence-corrected chi connectivity index (χ1v) is 6.03. The predicted molar refractivity (Wildman–Crippen MR) is 71.0 cm³/mol. The maximum absolute atomic E-state index is 11.7. The standard InChI is InChI=1S/C13H21N3O.ClH/c1-3-16(4-2)10-9-15-13(17)11-5-7-12(14)8-6-11;/h5-8H,3-4,9-10,14H2,1-2H3,(H,15,17);1H/p-1. The van der Waals surface area contributed by atoms with Gasteiger partial charge in [-0.15, -0.1) is 0 Å². The molecule has 0 aliphatic carbocycles. The van der Waals surface area contributed by atoms with E-state index >= 15 is 0 Å². The summed E-state index contributed by atoms with van der Waals surface area (Å²) in [5.74, 6) is -0.0443. The normalized spacial score (nSPS) is 9.94. The summed E-state index contributed by atoms with van der Waals surface area (Å²) >= 11 is 0.